The molecule has 1 saturated heterocycles. The second-order valence-corrected chi connectivity index (χ2v) is 9.08. The van der Waals surface area contributed by atoms with Crippen molar-refractivity contribution in [1.29, 1.82) is 0 Å². The normalized spacial score (nSPS) is 20.4. The number of sulfonamides is 1. The third kappa shape index (κ3) is 3.45. The van der Waals surface area contributed by atoms with E-state index in [9.17, 15) is 17.6 Å². The lowest BCUT2D eigenvalue weighted by molar-refractivity contribution is 0.136. The second-order valence-electron chi connectivity index (χ2n) is 6.05. The Labute approximate surface area is 154 Å². The average molecular weight is 433 g/mol. The molecule has 2 aliphatic rings. The van der Waals surface area contributed by atoms with Gasteiger partial charge in [-0.15, -0.1) is 0 Å². The van der Waals surface area contributed by atoms with Crippen molar-refractivity contribution in [1.82, 2.24) is 4.31 Å². The first-order valence-electron chi connectivity index (χ1n) is 7.86. The summed E-state index contributed by atoms with van der Waals surface area (Å²) in [6.07, 6.45) is 0.612. The summed E-state index contributed by atoms with van der Waals surface area (Å²) >= 11 is 3.40. The van der Waals surface area contributed by atoms with Gasteiger partial charge in [-0.3, -0.25) is 4.90 Å². The van der Waals surface area contributed by atoms with Crippen molar-refractivity contribution in [2.45, 2.75) is 32.4 Å². The monoisotopic (exact) mass is 432 g/mol. The number of cyclic esters (lactones) is 1. The van der Waals surface area contributed by atoms with Gasteiger partial charge in [0.1, 0.15) is 12.9 Å². The number of ether oxygens (including phenoxy) is 1. The van der Waals surface area contributed by atoms with E-state index in [1.54, 1.807) is 4.90 Å². The van der Waals surface area contributed by atoms with E-state index < -0.39 is 16.1 Å². The molecule has 136 valence electrons. The lowest BCUT2D eigenvalue weighted by atomic mass is 10.0. The quantitative estimate of drug-likeness (QED) is 0.732. The van der Waals surface area contributed by atoms with E-state index >= 15 is 0 Å². The summed E-state index contributed by atoms with van der Waals surface area (Å²) in [6.45, 7) is 1.91. The molecule has 1 aromatic carbocycles. The van der Waals surface area contributed by atoms with Crippen LogP contribution in [0.5, 0.6) is 0 Å². The Hall–Kier alpha value is -1.45. The molecule has 1 aromatic rings. The van der Waals surface area contributed by atoms with Crippen molar-refractivity contribution in [3.63, 3.8) is 0 Å². The molecule has 2 heterocycles. The topological polar surface area (TPSA) is 66.9 Å². The van der Waals surface area contributed by atoms with Gasteiger partial charge in [-0.2, -0.15) is 4.31 Å². The molecule has 0 N–H and O–H groups in total. The maximum atomic E-state index is 12.6. The maximum Gasteiger partial charge on any atom is 0.414 e. The standard InChI is InChI=1S/C16H18BrFN2O4S/c1-11(9-18)25(22,23)19-6-4-14(5-7-19)20-15-3-2-13(17)8-12(15)10-24-16(20)21/h2-3,8-9,14H,4-7,10H2,1H3/b11-9-. The SMILES string of the molecule is C/C(=C/F)S(=O)(=O)N1CCC(N2C(=O)OCc3cc(Br)ccc32)CC1. The fraction of sp³-hybridized carbons (Fsp3) is 0.438. The third-order valence-electron chi connectivity index (χ3n) is 4.54. The summed E-state index contributed by atoms with van der Waals surface area (Å²) in [7, 11) is -3.77. The summed E-state index contributed by atoms with van der Waals surface area (Å²) < 4.78 is 44.4. The molecule has 0 spiro atoms. The van der Waals surface area contributed by atoms with Gasteiger partial charge in [0.15, 0.2) is 0 Å². The van der Waals surface area contributed by atoms with Gasteiger partial charge in [-0.05, 0) is 38.0 Å². The Morgan fingerprint density at radius 1 is 1.36 bits per heavy atom. The highest BCUT2D eigenvalue weighted by Crippen LogP contribution is 2.34. The number of fused-ring (bicyclic) bond motifs is 1. The van der Waals surface area contributed by atoms with Gasteiger partial charge in [0, 0.05) is 29.2 Å². The number of piperidine rings is 1. The van der Waals surface area contributed by atoms with Gasteiger partial charge >= 0.3 is 6.09 Å². The van der Waals surface area contributed by atoms with Crippen molar-refractivity contribution in [3.05, 3.63) is 39.5 Å². The van der Waals surface area contributed by atoms with Crippen LogP contribution in [0.3, 0.4) is 0 Å². The van der Waals surface area contributed by atoms with E-state index in [1.807, 2.05) is 18.2 Å². The zero-order valence-corrected chi connectivity index (χ0v) is 16.0. The Kier molecular flexibility index (Phi) is 5.17. The van der Waals surface area contributed by atoms with Gasteiger partial charge in [0.25, 0.3) is 0 Å². The van der Waals surface area contributed by atoms with E-state index in [-0.39, 0.29) is 37.0 Å². The van der Waals surface area contributed by atoms with E-state index in [0.29, 0.717) is 12.8 Å². The molecule has 3 rings (SSSR count). The Morgan fingerprint density at radius 2 is 2.04 bits per heavy atom. The zero-order valence-electron chi connectivity index (χ0n) is 13.6. The van der Waals surface area contributed by atoms with Crippen LogP contribution in [0.1, 0.15) is 25.3 Å². The number of rotatable bonds is 3. The first-order valence-corrected chi connectivity index (χ1v) is 10.1. The van der Waals surface area contributed by atoms with Crippen LogP contribution in [-0.2, 0) is 21.4 Å². The molecule has 0 aliphatic carbocycles. The average Bonchev–Trinajstić information content (AvgIpc) is 2.61. The van der Waals surface area contributed by atoms with Crippen molar-refractivity contribution < 1.29 is 22.3 Å². The number of hydrogen-bond acceptors (Lipinski definition) is 4. The second kappa shape index (κ2) is 7.05. The summed E-state index contributed by atoms with van der Waals surface area (Å²) in [5, 5.41) is 0. The highest BCUT2D eigenvalue weighted by molar-refractivity contribution is 9.10. The van der Waals surface area contributed by atoms with Gasteiger partial charge in [0.2, 0.25) is 10.0 Å². The number of anilines is 1. The van der Waals surface area contributed by atoms with E-state index in [1.165, 1.54) is 11.2 Å². The molecule has 0 unspecified atom stereocenters. The molecule has 0 bridgehead atoms. The molecule has 9 heteroatoms. The van der Waals surface area contributed by atoms with Crippen LogP contribution >= 0.6 is 15.9 Å². The van der Waals surface area contributed by atoms with Crippen LogP contribution in [0.25, 0.3) is 0 Å². The van der Waals surface area contributed by atoms with Gasteiger partial charge < -0.3 is 4.74 Å². The Balaban J connectivity index is 1.79. The van der Waals surface area contributed by atoms with Crippen LogP contribution in [0.4, 0.5) is 14.9 Å². The van der Waals surface area contributed by atoms with Crippen molar-refractivity contribution in [2.24, 2.45) is 0 Å². The fourth-order valence-corrected chi connectivity index (χ4v) is 4.78. The minimum absolute atomic E-state index is 0.109. The lowest BCUT2D eigenvalue weighted by Crippen LogP contribution is -2.50. The lowest BCUT2D eigenvalue weighted by Gasteiger charge is -2.39. The molecule has 1 fully saturated rings. The zero-order chi connectivity index (χ0) is 18.2. The molecule has 0 aromatic heterocycles. The largest absolute Gasteiger partial charge is 0.444 e. The first kappa shape index (κ1) is 18.3. The first-order chi connectivity index (χ1) is 11.8. The highest BCUT2D eigenvalue weighted by Gasteiger charge is 2.37. The minimum Gasteiger partial charge on any atom is -0.444 e. The molecular weight excluding hydrogens is 415 g/mol. The summed E-state index contributed by atoms with van der Waals surface area (Å²) in [4.78, 5) is 13.6. The molecular formula is C16H18BrFN2O4S. The number of hydrogen-bond donors (Lipinski definition) is 0. The predicted octanol–water partition coefficient (Wildman–Crippen LogP) is 3.53. The number of amides is 1. The third-order valence-corrected chi connectivity index (χ3v) is 6.98. The maximum absolute atomic E-state index is 12.6. The van der Waals surface area contributed by atoms with E-state index in [4.69, 9.17) is 4.74 Å². The molecule has 1 amide bonds. The number of allylic oxidation sites excluding steroid dienone is 1. The number of nitrogens with zero attached hydrogens (tertiary/aromatic N) is 2. The minimum atomic E-state index is -3.77. The van der Waals surface area contributed by atoms with Gasteiger partial charge in [0.05, 0.1) is 10.6 Å². The van der Waals surface area contributed by atoms with Crippen molar-refractivity contribution >= 4 is 37.7 Å². The van der Waals surface area contributed by atoms with E-state index in [2.05, 4.69) is 15.9 Å². The van der Waals surface area contributed by atoms with E-state index in [0.717, 1.165) is 15.7 Å². The number of halogens is 2. The smallest absolute Gasteiger partial charge is 0.414 e. The highest BCUT2D eigenvalue weighted by atomic mass is 79.9. The molecule has 0 radical (unpaired) electrons. The summed E-state index contributed by atoms with van der Waals surface area (Å²) in [5.41, 5.74) is 1.70. The van der Waals surface area contributed by atoms with Crippen molar-refractivity contribution in [2.75, 3.05) is 18.0 Å². The summed E-state index contributed by atoms with van der Waals surface area (Å²) in [6, 6.07) is 5.47. The Bertz CT molecular complexity index is 819. The molecule has 0 saturated carbocycles. The number of carbonyl (C=O) groups excluding carboxylic acids is 1. The van der Waals surface area contributed by atoms with Crippen LogP contribution < -0.4 is 4.90 Å². The van der Waals surface area contributed by atoms with Gasteiger partial charge in [-0.25, -0.2) is 17.6 Å². The predicted molar refractivity (Wildman–Crippen MR) is 95.2 cm³/mol. The molecule has 25 heavy (non-hydrogen) atoms. The van der Waals surface area contributed by atoms with Gasteiger partial charge in [-0.1, -0.05) is 15.9 Å². The van der Waals surface area contributed by atoms with Crippen molar-refractivity contribution in [3.8, 4) is 0 Å². The molecule has 2 aliphatic heterocycles. The van der Waals surface area contributed by atoms with Crippen LogP contribution in [0.2, 0.25) is 0 Å². The number of benzene rings is 1. The van der Waals surface area contributed by atoms with Crippen LogP contribution in [0.15, 0.2) is 33.9 Å². The number of carbonyl (C=O) groups is 1. The fourth-order valence-electron chi connectivity index (χ4n) is 3.16. The molecule has 6 nitrogen and oxygen atoms in total. The Morgan fingerprint density at radius 3 is 2.68 bits per heavy atom. The van der Waals surface area contributed by atoms with Crippen LogP contribution in [0, 0.1) is 0 Å². The van der Waals surface area contributed by atoms with Crippen LogP contribution in [-0.4, -0.2) is 37.9 Å². The molecule has 0 atom stereocenters. The summed E-state index contributed by atoms with van der Waals surface area (Å²) in [5.74, 6) is 0.